The van der Waals surface area contributed by atoms with Crippen LogP contribution >= 0.6 is 0 Å². The van der Waals surface area contributed by atoms with Crippen molar-refractivity contribution in [1.82, 2.24) is 10.2 Å². The topological polar surface area (TPSA) is 15.3 Å². The van der Waals surface area contributed by atoms with E-state index >= 15 is 0 Å². The second kappa shape index (κ2) is 5.20. The molecule has 0 unspecified atom stereocenters. The lowest BCUT2D eigenvalue weighted by Gasteiger charge is -2.25. The molecule has 0 aromatic heterocycles. The highest BCUT2D eigenvalue weighted by Gasteiger charge is 2.11. The summed E-state index contributed by atoms with van der Waals surface area (Å²) in [6.07, 6.45) is 1.97. The Morgan fingerprint density at radius 1 is 1.62 bits per heavy atom. The summed E-state index contributed by atoms with van der Waals surface area (Å²) in [6.45, 7) is 13.6. The summed E-state index contributed by atoms with van der Waals surface area (Å²) in [5.74, 6) is 0. The van der Waals surface area contributed by atoms with Crippen LogP contribution in [0.5, 0.6) is 0 Å². The van der Waals surface area contributed by atoms with Gasteiger partial charge in [-0.2, -0.15) is 0 Å². The maximum absolute atomic E-state index is 3.76. The van der Waals surface area contributed by atoms with Crippen LogP contribution in [0.25, 0.3) is 0 Å². The van der Waals surface area contributed by atoms with Crippen LogP contribution in [-0.4, -0.2) is 37.6 Å². The van der Waals surface area contributed by atoms with Gasteiger partial charge < -0.3 is 5.32 Å². The molecular formula is C11H20N2. The predicted molar refractivity (Wildman–Crippen MR) is 57.9 cm³/mol. The molecule has 0 saturated carbocycles. The molecule has 0 aromatic rings. The zero-order chi connectivity index (χ0) is 9.68. The van der Waals surface area contributed by atoms with E-state index in [1.165, 1.54) is 5.57 Å². The van der Waals surface area contributed by atoms with Crippen molar-refractivity contribution in [3.05, 3.63) is 23.8 Å². The van der Waals surface area contributed by atoms with Crippen molar-refractivity contribution in [2.75, 3.05) is 32.7 Å². The van der Waals surface area contributed by atoms with Crippen molar-refractivity contribution in [2.24, 2.45) is 0 Å². The minimum Gasteiger partial charge on any atom is -0.309 e. The van der Waals surface area contributed by atoms with E-state index < -0.39 is 0 Å². The Kier molecular flexibility index (Phi) is 4.19. The van der Waals surface area contributed by atoms with Crippen molar-refractivity contribution in [3.63, 3.8) is 0 Å². The number of rotatable bonds is 5. The van der Waals surface area contributed by atoms with Gasteiger partial charge in [-0.1, -0.05) is 18.6 Å². The van der Waals surface area contributed by atoms with E-state index in [0.29, 0.717) is 0 Å². The molecule has 1 rings (SSSR count). The molecule has 1 aliphatic heterocycles. The number of nitrogens with zero attached hydrogens (tertiary/aromatic N) is 1. The van der Waals surface area contributed by atoms with Gasteiger partial charge in [0.05, 0.1) is 0 Å². The second-order valence-corrected chi connectivity index (χ2v) is 3.60. The fraction of sp³-hybridized carbons (Fsp3) is 0.636. The van der Waals surface area contributed by atoms with E-state index in [1.54, 1.807) is 5.57 Å². The molecule has 1 fully saturated rings. The summed E-state index contributed by atoms with van der Waals surface area (Å²) in [5.41, 5.74) is 3.12. The van der Waals surface area contributed by atoms with Gasteiger partial charge in [0, 0.05) is 26.2 Å². The Bertz CT molecular complexity index is 200. The van der Waals surface area contributed by atoms with Crippen molar-refractivity contribution in [3.8, 4) is 0 Å². The quantitative estimate of drug-likeness (QED) is 0.644. The molecule has 0 amide bonds. The first-order valence-electron chi connectivity index (χ1n) is 4.99. The van der Waals surface area contributed by atoms with Crippen LogP contribution in [0.2, 0.25) is 0 Å². The van der Waals surface area contributed by atoms with Gasteiger partial charge in [-0.05, 0) is 19.0 Å². The van der Waals surface area contributed by atoms with Gasteiger partial charge in [-0.25, -0.2) is 0 Å². The highest BCUT2D eigenvalue weighted by atomic mass is 15.1. The maximum atomic E-state index is 3.76. The minimum absolute atomic E-state index is 0.995. The molecule has 74 valence electrons. The van der Waals surface area contributed by atoms with Crippen LogP contribution in [0.1, 0.15) is 13.8 Å². The summed E-state index contributed by atoms with van der Waals surface area (Å²) in [4.78, 5) is 2.40. The zero-order valence-corrected chi connectivity index (χ0v) is 8.77. The molecule has 0 atom stereocenters. The van der Waals surface area contributed by atoms with Gasteiger partial charge in [0.1, 0.15) is 0 Å². The van der Waals surface area contributed by atoms with E-state index in [1.807, 2.05) is 6.08 Å². The van der Waals surface area contributed by atoms with Gasteiger partial charge >= 0.3 is 0 Å². The molecule has 0 bridgehead atoms. The van der Waals surface area contributed by atoms with Gasteiger partial charge in [0.15, 0.2) is 0 Å². The molecular weight excluding hydrogens is 160 g/mol. The molecule has 13 heavy (non-hydrogen) atoms. The summed E-state index contributed by atoms with van der Waals surface area (Å²) in [6, 6.07) is 0. The van der Waals surface area contributed by atoms with Crippen molar-refractivity contribution in [2.45, 2.75) is 13.8 Å². The summed E-state index contributed by atoms with van der Waals surface area (Å²) < 4.78 is 0. The number of nitrogens with one attached hydrogen (secondary N) is 1. The van der Waals surface area contributed by atoms with Crippen LogP contribution in [0.4, 0.5) is 0 Å². The average Bonchev–Trinajstić information content (AvgIpc) is 2.00. The lowest BCUT2D eigenvalue weighted by Crippen LogP contribution is -2.36. The van der Waals surface area contributed by atoms with Crippen molar-refractivity contribution < 1.29 is 0 Å². The van der Waals surface area contributed by atoms with Crippen molar-refractivity contribution in [1.29, 1.82) is 0 Å². The van der Waals surface area contributed by atoms with Gasteiger partial charge in [-0.15, -0.1) is 6.58 Å². The molecule has 0 aliphatic carbocycles. The van der Waals surface area contributed by atoms with E-state index in [0.717, 1.165) is 32.7 Å². The zero-order valence-electron chi connectivity index (χ0n) is 8.77. The molecule has 2 nitrogen and oxygen atoms in total. The Labute approximate surface area is 81.3 Å². The third-order valence-electron chi connectivity index (χ3n) is 2.58. The van der Waals surface area contributed by atoms with Gasteiger partial charge in [-0.3, -0.25) is 4.90 Å². The molecule has 0 spiro atoms. The average molecular weight is 180 g/mol. The SMILES string of the molecule is C=CCN(CC)CC(C)=C1CNC1. The smallest absolute Gasteiger partial charge is 0.0196 e. The number of hydrogen-bond donors (Lipinski definition) is 1. The monoisotopic (exact) mass is 180 g/mol. The van der Waals surface area contributed by atoms with E-state index in [4.69, 9.17) is 0 Å². The molecule has 0 radical (unpaired) electrons. The lowest BCUT2D eigenvalue weighted by molar-refractivity contribution is 0.344. The van der Waals surface area contributed by atoms with Crippen LogP contribution in [0.3, 0.4) is 0 Å². The highest BCUT2D eigenvalue weighted by molar-refractivity contribution is 5.22. The molecule has 1 N–H and O–H groups in total. The Hall–Kier alpha value is -0.600. The van der Waals surface area contributed by atoms with E-state index in [2.05, 4.69) is 30.6 Å². The Morgan fingerprint density at radius 2 is 2.31 bits per heavy atom. The minimum atomic E-state index is 0.995. The molecule has 2 heteroatoms. The highest BCUT2D eigenvalue weighted by Crippen LogP contribution is 2.10. The Balaban J connectivity index is 2.40. The second-order valence-electron chi connectivity index (χ2n) is 3.60. The summed E-state index contributed by atoms with van der Waals surface area (Å²) >= 11 is 0. The van der Waals surface area contributed by atoms with Crippen LogP contribution < -0.4 is 5.32 Å². The number of likely N-dealkylation sites (N-methyl/N-ethyl adjacent to an activating group) is 1. The molecule has 1 aliphatic rings. The van der Waals surface area contributed by atoms with Crippen LogP contribution in [0.15, 0.2) is 23.8 Å². The van der Waals surface area contributed by atoms with E-state index in [-0.39, 0.29) is 0 Å². The third-order valence-corrected chi connectivity index (χ3v) is 2.58. The molecule has 1 heterocycles. The van der Waals surface area contributed by atoms with Gasteiger partial charge in [0.2, 0.25) is 0 Å². The first-order chi connectivity index (χ1) is 6.27. The molecule has 1 saturated heterocycles. The number of hydrogen-bond acceptors (Lipinski definition) is 2. The van der Waals surface area contributed by atoms with Crippen molar-refractivity contribution >= 4 is 0 Å². The maximum Gasteiger partial charge on any atom is 0.0196 e. The normalized spacial score (nSPS) is 15.8. The summed E-state index contributed by atoms with van der Waals surface area (Å²) in [5, 5.41) is 3.27. The first kappa shape index (κ1) is 10.5. The predicted octanol–water partition coefficient (Wildman–Crippen LogP) is 1.41. The Morgan fingerprint density at radius 3 is 2.69 bits per heavy atom. The first-order valence-corrected chi connectivity index (χ1v) is 4.99. The summed E-state index contributed by atoms with van der Waals surface area (Å²) in [7, 11) is 0. The largest absolute Gasteiger partial charge is 0.309 e. The van der Waals surface area contributed by atoms with Crippen LogP contribution in [0, 0.1) is 0 Å². The van der Waals surface area contributed by atoms with E-state index in [9.17, 15) is 0 Å². The lowest BCUT2D eigenvalue weighted by atomic mass is 10.0. The third kappa shape index (κ3) is 2.98. The molecule has 0 aromatic carbocycles. The fourth-order valence-corrected chi connectivity index (χ4v) is 1.49. The standard InChI is InChI=1S/C11H20N2/c1-4-6-13(5-2)9-10(3)11-7-12-8-11/h4,12H,1,5-9H2,2-3H3. The van der Waals surface area contributed by atoms with Crippen LogP contribution in [-0.2, 0) is 0 Å². The van der Waals surface area contributed by atoms with Gasteiger partial charge in [0.25, 0.3) is 0 Å². The fourth-order valence-electron chi connectivity index (χ4n) is 1.49.